The third-order valence-corrected chi connectivity index (χ3v) is 4.41. The largest absolute Gasteiger partial charge is 0.494 e. The van der Waals surface area contributed by atoms with Gasteiger partial charge >= 0.3 is 0 Å². The van der Waals surface area contributed by atoms with Crippen molar-refractivity contribution in [1.29, 1.82) is 0 Å². The molecule has 1 N–H and O–H groups in total. The number of para-hydroxylation sites is 1. The summed E-state index contributed by atoms with van der Waals surface area (Å²) in [5.74, 6) is 2.16. The van der Waals surface area contributed by atoms with Gasteiger partial charge in [0.15, 0.2) is 0 Å². The van der Waals surface area contributed by atoms with Crippen LogP contribution in [0.5, 0.6) is 5.75 Å². The minimum atomic E-state index is 0.424. The van der Waals surface area contributed by atoms with E-state index in [1.807, 2.05) is 13.0 Å². The van der Waals surface area contributed by atoms with Gasteiger partial charge in [-0.1, -0.05) is 25.1 Å². The molecule has 2 nitrogen and oxygen atoms in total. The molecule has 0 saturated carbocycles. The molecule has 94 valence electrons. The molecular formula is C14H21NOS. The molecule has 0 spiro atoms. The van der Waals surface area contributed by atoms with Gasteiger partial charge < -0.3 is 10.1 Å². The summed E-state index contributed by atoms with van der Waals surface area (Å²) < 4.78 is 5.71. The number of ether oxygens (including phenoxy) is 1. The zero-order valence-electron chi connectivity index (χ0n) is 10.6. The van der Waals surface area contributed by atoms with Crippen molar-refractivity contribution in [2.24, 2.45) is 0 Å². The Morgan fingerprint density at radius 2 is 2.24 bits per heavy atom. The third-order valence-electron chi connectivity index (χ3n) is 3.08. The van der Waals surface area contributed by atoms with E-state index in [-0.39, 0.29) is 0 Å². The first kappa shape index (κ1) is 12.8. The van der Waals surface area contributed by atoms with Crippen molar-refractivity contribution in [3.05, 3.63) is 29.8 Å². The third kappa shape index (κ3) is 3.39. The molecule has 0 aliphatic carbocycles. The van der Waals surface area contributed by atoms with Crippen LogP contribution in [0.4, 0.5) is 0 Å². The second-order valence-electron chi connectivity index (χ2n) is 4.41. The van der Waals surface area contributed by atoms with Crippen molar-refractivity contribution in [3.8, 4) is 5.75 Å². The Bertz CT molecular complexity index is 356. The Balaban J connectivity index is 2.14. The van der Waals surface area contributed by atoms with Gasteiger partial charge in [-0.25, -0.2) is 0 Å². The van der Waals surface area contributed by atoms with Crippen LogP contribution in [0.1, 0.15) is 31.9 Å². The molecule has 2 unspecified atom stereocenters. The second kappa shape index (κ2) is 6.31. The van der Waals surface area contributed by atoms with Crippen molar-refractivity contribution in [1.82, 2.24) is 5.32 Å². The Morgan fingerprint density at radius 3 is 3.06 bits per heavy atom. The summed E-state index contributed by atoms with van der Waals surface area (Å²) >= 11 is 2.05. The van der Waals surface area contributed by atoms with Crippen molar-refractivity contribution < 1.29 is 4.74 Å². The zero-order valence-corrected chi connectivity index (χ0v) is 11.4. The maximum absolute atomic E-state index is 5.71. The summed E-state index contributed by atoms with van der Waals surface area (Å²) in [5.41, 5.74) is 1.30. The molecule has 0 radical (unpaired) electrons. The van der Waals surface area contributed by atoms with Gasteiger partial charge in [-0.3, -0.25) is 0 Å². The lowest BCUT2D eigenvalue weighted by Crippen LogP contribution is -2.23. The molecule has 17 heavy (non-hydrogen) atoms. The highest BCUT2D eigenvalue weighted by Crippen LogP contribution is 2.31. The summed E-state index contributed by atoms with van der Waals surface area (Å²) in [7, 11) is 0. The Labute approximate surface area is 108 Å². The molecule has 0 aromatic heterocycles. The summed E-state index contributed by atoms with van der Waals surface area (Å²) in [4.78, 5) is 0. The minimum Gasteiger partial charge on any atom is -0.494 e. The Kier molecular flexibility index (Phi) is 4.75. The quantitative estimate of drug-likeness (QED) is 0.891. The average Bonchev–Trinajstić information content (AvgIpc) is 2.55. The van der Waals surface area contributed by atoms with Crippen LogP contribution in [0.15, 0.2) is 24.3 Å². The summed E-state index contributed by atoms with van der Waals surface area (Å²) in [6.07, 6.45) is 1.25. The van der Waals surface area contributed by atoms with Crippen LogP contribution in [-0.4, -0.2) is 24.2 Å². The number of benzene rings is 1. The summed E-state index contributed by atoms with van der Waals surface area (Å²) in [5, 5.41) is 4.38. The van der Waals surface area contributed by atoms with Gasteiger partial charge in [-0.15, -0.1) is 0 Å². The van der Waals surface area contributed by atoms with E-state index < -0.39 is 0 Å². The first-order chi connectivity index (χ1) is 8.31. The number of thioether (sulfide) groups is 1. The molecule has 0 amide bonds. The van der Waals surface area contributed by atoms with Gasteiger partial charge in [0.05, 0.1) is 6.61 Å². The van der Waals surface area contributed by atoms with Gasteiger partial charge in [0.2, 0.25) is 0 Å². The van der Waals surface area contributed by atoms with Crippen molar-refractivity contribution in [2.75, 3.05) is 18.9 Å². The van der Waals surface area contributed by atoms with E-state index in [0.717, 1.165) is 29.9 Å². The first-order valence-corrected chi connectivity index (χ1v) is 7.43. The predicted molar refractivity (Wildman–Crippen MR) is 74.9 cm³/mol. The molecule has 2 rings (SSSR count). The van der Waals surface area contributed by atoms with E-state index in [1.54, 1.807) is 0 Å². The molecular weight excluding hydrogens is 230 g/mol. The molecule has 1 fully saturated rings. The summed E-state index contributed by atoms with van der Waals surface area (Å²) in [6, 6.07) is 8.81. The van der Waals surface area contributed by atoms with E-state index in [2.05, 4.69) is 42.2 Å². The van der Waals surface area contributed by atoms with Crippen molar-refractivity contribution >= 4 is 11.8 Å². The average molecular weight is 251 g/mol. The number of nitrogens with one attached hydrogen (secondary N) is 1. The molecule has 0 bridgehead atoms. The molecule has 3 heteroatoms. The monoisotopic (exact) mass is 251 g/mol. The van der Waals surface area contributed by atoms with E-state index in [9.17, 15) is 0 Å². The molecule has 1 aromatic carbocycles. The van der Waals surface area contributed by atoms with E-state index in [1.165, 1.54) is 12.0 Å². The van der Waals surface area contributed by atoms with Crippen LogP contribution < -0.4 is 10.1 Å². The lowest BCUT2D eigenvalue weighted by molar-refractivity contribution is 0.333. The van der Waals surface area contributed by atoms with Crippen LogP contribution >= 0.6 is 11.8 Å². The first-order valence-electron chi connectivity index (χ1n) is 6.38. The maximum Gasteiger partial charge on any atom is 0.124 e. The van der Waals surface area contributed by atoms with E-state index in [4.69, 9.17) is 4.74 Å². The van der Waals surface area contributed by atoms with Crippen LogP contribution in [0, 0.1) is 0 Å². The molecule has 2 atom stereocenters. The van der Waals surface area contributed by atoms with Crippen molar-refractivity contribution in [3.63, 3.8) is 0 Å². The van der Waals surface area contributed by atoms with Gasteiger partial charge in [0.1, 0.15) is 5.75 Å². The highest BCUT2D eigenvalue weighted by atomic mass is 32.2. The Morgan fingerprint density at radius 1 is 1.41 bits per heavy atom. The molecule has 1 aliphatic heterocycles. The van der Waals surface area contributed by atoms with Crippen LogP contribution in [-0.2, 0) is 0 Å². The molecule has 1 saturated heterocycles. The second-order valence-corrected chi connectivity index (χ2v) is 5.88. The van der Waals surface area contributed by atoms with Crippen LogP contribution in [0.2, 0.25) is 0 Å². The normalized spacial score (nSPS) is 25.3. The molecule has 1 aliphatic rings. The highest BCUT2D eigenvalue weighted by Gasteiger charge is 2.20. The minimum absolute atomic E-state index is 0.424. The standard InChI is InChI=1S/C14H21NOS/c1-3-16-14-7-5-4-6-12(14)13-10-17-11(2)8-9-15-13/h4-7,11,13,15H,3,8-10H2,1-2H3. The maximum atomic E-state index is 5.71. The van der Waals surface area contributed by atoms with Gasteiger partial charge in [-0.05, 0) is 26.0 Å². The number of rotatable bonds is 3. The van der Waals surface area contributed by atoms with E-state index >= 15 is 0 Å². The molecule has 1 heterocycles. The smallest absolute Gasteiger partial charge is 0.124 e. The fraction of sp³-hybridized carbons (Fsp3) is 0.571. The van der Waals surface area contributed by atoms with Crippen molar-refractivity contribution in [2.45, 2.75) is 31.6 Å². The fourth-order valence-electron chi connectivity index (χ4n) is 2.12. The summed E-state index contributed by atoms with van der Waals surface area (Å²) in [6.45, 7) is 6.17. The van der Waals surface area contributed by atoms with Crippen LogP contribution in [0.25, 0.3) is 0 Å². The SMILES string of the molecule is CCOc1ccccc1C1CSC(C)CCN1. The highest BCUT2D eigenvalue weighted by molar-refractivity contribution is 7.99. The van der Waals surface area contributed by atoms with Crippen LogP contribution in [0.3, 0.4) is 0 Å². The fourth-order valence-corrected chi connectivity index (χ4v) is 3.22. The van der Waals surface area contributed by atoms with Gasteiger partial charge in [0, 0.05) is 22.6 Å². The predicted octanol–water partition coefficient (Wildman–Crippen LogP) is 3.24. The lowest BCUT2D eigenvalue weighted by atomic mass is 10.1. The lowest BCUT2D eigenvalue weighted by Gasteiger charge is -2.19. The number of hydrogen-bond donors (Lipinski definition) is 1. The molecule has 1 aromatic rings. The zero-order chi connectivity index (χ0) is 12.1. The van der Waals surface area contributed by atoms with E-state index in [0.29, 0.717) is 6.04 Å². The number of hydrogen-bond acceptors (Lipinski definition) is 3. The Hall–Kier alpha value is -0.670. The van der Waals surface area contributed by atoms with Gasteiger partial charge in [-0.2, -0.15) is 11.8 Å². The van der Waals surface area contributed by atoms with Gasteiger partial charge in [0.25, 0.3) is 0 Å². The topological polar surface area (TPSA) is 21.3 Å².